The molecule has 0 aliphatic heterocycles. The molecule has 1 N–H and O–H groups in total. The van der Waals surface area contributed by atoms with Gasteiger partial charge in [0.2, 0.25) is 0 Å². The first kappa shape index (κ1) is 16.0. The van der Waals surface area contributed by atoms with Gasteiger partial charge in [-0.3, -0.25) is 9.78 Å². The van der Waals surface area contributed by atoms with Gasteiger partial charge in [0.1, 0.15) is 5.69 Å². The number of nitrogens with one attached hydrogen (secondary N) is 1. The van der Waals surface area contributed by atoms with Crippen LogP contribution in [-0.2, 0) is 6.18 Å². The van der Waals surface area contributed by atoms with E-state index in [1.807, 2.05) is 0 Å². The van der Waals surface area contributed by atoms with E-state index in [2.05, 4.69) is 15.0 Å². The molecule has 3 aromatic heterocycles. The molecule has 0 aliphatic rings. The van der Waals surface area contributed by atoms with Crippen LogP contribution in [0.3, 0.4) is 0 Å². The Labute approximate surface area is 142 Å². The summed E-state index contributed by atoms with van der Waals surface area (Å²) in [7, 11) is 0. The van der Waals surface area contributed by atoms with E-state index in [9.17, 15) is 22.8 Å². The number of halogens is 3. The summed E-state index contributed by atoms with van der Waals surface area (Å²) in [5.74, 6) is 0. The zero-order chi connectivity index (χ0) is 18.5. The molecule has 6 nitrogen and oxygen atoms in total. The number of H-pyrrole nitrogens is 1. The van der Waals surface area contributed by atoms with Gasteiger partial charge < -0.3 is 4.98 Å². The van der Waals surface area contributed by atoms with E-state index >= 15 is 0 Å². The van der Waals surface area contributed by atoms with Crippen LogP contribution in [0.5, 0.6) is 0 Å². The fourth-order valence-corrected chi connectivity index (χ4v) is 2.77. The number of rotatable bonds is 1. The number of hydrogen-bond acceptors (Lipinski definition) is 4. The molecular weight excluding hydrogens is 349 g/mol. The predicted octanol–water partition coefficient (Wildman–Crippen LogP) is 2.64. The molecule has 0 amide bonds. The second kappa shape index (κ2) is 5.51. The third-order valence-electron chi connectivity index (χ3n) is 3.96. The van der Waals surface area contributed by atoms with E-state index in [4.69, 9.17) is 0 Å². The van der Waals surface area contributed by atoms with Crippen molar-refractivity contribution in [2.75, 3.05) is 0 Å². The third-order valence-corrected chi connectivity index (χ3v) is 3.96. The molecule has 1 aromatic carbocycles. The first-order chi connectivity index (χ1) is 12.4. The van der Waals surface area contributed by atoms with Crippen molar-refractivity contribution in [2.24, 2.45) is 0 Å². The van der Waals surface area contributed by atoms with Crippen LogP contribution >= 0.6 is 0 Å². The number of pyridine rings is 2. The number of aromatic nitrogens is 4. The highest BCUT2D eigenvalue weighted by Crippen LogP contribution is 2.28. The molecule has 26 heavy (non-hydrogen) atoms. The van der Waals surface area contributed by atoms with E-state index in [1.54, 1.807) is 30.5 Å². The fourth-order valence-electron chi connectivity index (χ4n) is 2.77. The molecule has 0 radical (unpaired) electrons. The van der Waals surface area contributed by atoms with E-state index in [1.165, 1.54) is 6.20 Å². The molecule has 0 bridgehead atoms. The van der Waals surface area contributed by atoms with Gasteiger partial charge in [-0.05, 0) is 6.07 Å². The van der Waals surface area contributed by atoms with Gasteiger partial charge in [-0.15, -0.1) is 0 Å². The lowest BCUT2D eigenvalue weighted by Gasteiger charge is -2.10. The van der Waals surface area contributed by atoms with E-state index in [-0.39, 0.29) is 16.6 Å². The van der Waals surface area contributed by atoms with Gasteiger partial charge in [-0.25, -0.2) is 14.3 Å². The second-order valence-corrected chi connectivity index (χ2v) is 5.56. The Bertz CT molecular complexity index is 1270. The Morgan fingerprint density at radius 3 is 2.54 bits per heavy atom. The van der Waals surface area contributed by atoms with Crippen LogP contribution in [0.1, 0.15) is 5.69 Å². The minimum absolute atomic E-state index is 0.0718. The highest BCUT2D eigenvalue weighted by molar-refractivity contribution is 5.89. The topological polar surface area (TPSA) is 80.6 Å². The summed E-state index contributed by atoms with van der Waals surface area (Å²) in [6.07, 6.45) is -1.00. The molecule has 0 spiro atoms. The summed E-state index contributed by atoms with van der Waals surface area (Å²) in [5, 5.41) is 0.960. The third kappa shape index (κ3) is 2.44. The smallest absolute Gasteiger partial charge is 0.305 e. The van der Waals surface area contributed by atoms with Crippen LogP contribution in [-0.4, -0.2) is 19.5 Å². The summed E-state index contributed by atoms with van der Waals surface area (Å²) in [6, 6.07) is 7.55. The molecule has 0 aliphatic carbocycles. The summed E-state index contributed by atoms with van der Waals surface area (Å²) in [5.41, 5.74) is -2.77. The van der Waals surface area contributed by atoms with E-state index in [0.717, 1.165) is 10.8 Å². The highest BCUT2D eigenvalue weighted by atomic mass is 19.4. The van der Waals surface area contributed by atoms with Gasteiger partial charge in [0, 0.05) is 17.0 Å². The van der Waals surface area contributed by atoms with Gasteiger partial charge in [0.05, 0.1) is 29.0 Å². The van der Waals surface area contributed by atoms with Gasteiger partial charge in [-0.2, -0.15) is 13.2 Å². The lowest BCUT2D eigenvalue weighted by molar-refractivity contribution is -0.141. The minimum Gasteiger partial charge on any atom is -0.305 e. The zero-order valence-corrected chi connectivity index (χ0v) is 12.9. The van der Waals surface area contributed by atoms with Crippen LogP contribution in [0.15, 0.2) is 58.5 Å². The van der Waals surface area contributed by atoms with Gasteiger partial charge in [0.15, 0.2) is 0 Å². The highest BCUT2D eigenvalue weighted by Gasteiger charge is 2.33. The van der Waals surface area contributed by atoms with Crippen LogP contribution in [0.2, 0.25) is 0 Å². The van der Waals surface area contributed by atoms with Gasteiger partial charge >= 0.3 is 11.9 Å². The number of nitrogens with zero attached hydrogens (tertiary/aromatic N) is 3. The Balaban J connectivity index is 2.10. The average molecular weight is 358 g/mol. The second-order valence-electron chi connectivity index (χ2n) is 5.56. The molecule has 0 fully saturated rings. The molecule has 4 rings (SSSR count). The van der Waals surface area contributed by atoms with Crippen LogP contribution in [0.4, 0.5) is 13.2 Å². The number of benzene rings is 1. The van der Waals surface area contributed by atoms with E-state index in [0.29, 0.717) is 16.8 Å². The van der Waals surface area contributed by atoms with E-state index < -0.39 is 23.1 Å². The number of aromatic amines is 1. The zero-order valence-electron chi connectivity index (χ0n) is 12.9. The predicted molar refractivity (Wildman–Crippen MR) is 88.3 cm³/mol. The SMILES string of the molecule is O=c1[nH]c2cnc(C(F)(F)F)cc2c(=O)n1-c1cncc2ccccc12. The van der Waals surface area contributed by atoms with Crippen LogP contribution in [0, 0.1) is 0 Å². The average Bonchev–Trinajstić information content (AvgIpc) is 2.61. The van der Waals surface area contributed by atoms with Crippen LogP contribution < -0.4 is 11.2 Å². The molecule has 0 unspecified atom stereocenters. The summed E-state index contributed by atoms with van der Waals surface area (Å²) in [4.78, 5) is 34.9. The largest absolute Gasteiger partial charge is 0.433 e. The van der Waals surface area contributed by atoms with Gasteiger partial charge in [0.25, 0.3) is 5.56 Å². The van der Waals surface area contributed by atoms with Gasteiger partial charge in [-0.1, -0.05) is 24.3 Å². The molecular formula is C17H9F3N4O2. The van der Waals surface area contributed by atoms with Crippen molar-refractivity contribution in [3.63, 3.8) is 0 Å². The summed E-state index contributed by atoms with van der Waals surface area (Å²) < 4.78 is 39.5. The number of hydrogen-bond donors (Lipinski definition) is 1. The lowest BCUT2D eigenvalue weighted by atomic mass is 10.1. The van der Waals surface area contributed by atoms with Crippen molar-refractivity contribution in [3.8, 4) is 5.69 Å². The normalized spacial score (nSPS) is 12.0. The Kier molecular flexibility index (Phi) is 3.39. The monoisotopic (exact) mass is 358 g/mol. The maximum atomic E-state index is 12.9. The maximum absolute atomic E-state index is 12.9. The molecule has 9 heteroatoms. The molecule has 0 atom stereocenters. The first-order valence-corrected chi connectivity index (χ1v) is 7.41. The van der Waals surface area contributed by atoms with Crippen LogP contribution in [0.25, 0.3) is 27.4 Å². The summed E-state index contributed by atoms with van der Waals surface area (Å²) >= 11 is 0. The van der Waals surface area contributed by atoms with Crippen molar-refractivity contribution in [1.29, 1.82) is 0 Å². The molecule has 130 valence electrons. The van der Waals surface area contributed by atoms with Crippen molar-refractivity contribution in [3.05, 3.63) is 75.5 Å². The van der Waals surface area contributed by atoms with Crippen molar-refractivity contribution in [1.82, 2.24) is 19.5 Å². The Morgan fingerprint density at radius 2 is 1.77 bits per heavy atom. The molecule has 0 saturated heterocycles. The Hall–Kier alpha value is -3.49. The minimum atomic E-state index is -4.71. The number of alkyl halides is 3. The Morgan fingerprint density at radius 1 is 1.00 bits per heavy atom. The lowest BCUT2D eigenvalue weighted by Crippen LogP contribution is -2.34. The molecule has 3 heterocycles. The molecule has 0 saturated carbocycles. The van der Waals surface area contributed by atoms with Crippen molar-refractivity contribution in [2.45, 2.75) is 6.18 Å². The summed E-state index contributed by atoms with van der Waals surface area (Å²) in [6.45, 7) is 0. The number of fused-ring (bicyclic) bond motifs is 2. The fraction of sp³-hybridized carbons (Fsp3) is 0.0588. The molecule has 4 aromatic rings. The first-order valence-electron chi connectivity index (χ1n) is 7.41. The maximum Gasteiger partial charge on any atom is 0.433 e. The van der Waals surface area contributed by atoms with Crippen molar-refractivity contribution < 1.29 is 13.2 Å². The van der Waals surface area contributed by atoms with Crippen molar-refractivity contribution >= 4 is 21.7 Å². The standard InChI is InChI=1S/C17H9F3N4O2/c18-17(19,20)14-5-11-12(7-22-14)23-16(26)24(15(11)25)13-8-21-6-9-3-1-2-4-10(9)13/h1-8H,(H,23,26). The quantitative estimate of drug-likeness (QED) is 0.567.